The van der Waals surface area contributed by atoms with E-state index in [9.17, 15) is 14.4 Å². The number of primary amides is 1. The molecule has 23 heavy (non-hydrogen) atoms. The van der Waals surface area contributed by atoms with Gasteiger partial charge >= 0.3 is 0 Å². The number of nitrogens with one attached hydrogen (secondary N) is 1. The molecule has 1 aromatic heterocycles. The fourth-order valence-corrected chi connectivity index (χ4v) is 3.93. The van der Waals surface area contributed by atoms with Crippen molar-refractivity contribution in [3.8, 4) is 0 Å². The second-order valence-electron chi connectivity index (χ2n) is 6.15. The zero-order chi connectivity index (χ0) is 16.6. The number of hydrogen-bond donors (Lipinski definition) is 2. The summed E-state index contributed by atoms with van der Waals surface area (Å²) in [4.78, 5) is 37.9. The highest BCUT2D eigenvalue weighted by Crippen LogP contribution is 2.32. The van der Waals surface area contributed by atoms with Crippen LogP contribution in [0.4, 0.5) is 5.13 Å². The van der Waals surface area contributed by atoms with Crippen LogP contribution < -0.4 is 16.0 Å². The van der Waals surface area contributed by atoms with Gasteiger partial charge < -0.3 is 11.1 Å². The molecular formula is C14H19N5O3S. The van der Waals surface area contributed by atoms with E-state index in [2.05, 4.69) is 15.5 Å². The topological polar surface area (TPSA) is 118 Å². The lowest BCUT2D eigenvalue weighted by Gasteiger charge is -2.28. The summed E-state index contributed by atoms with van der Waals surface area (Å²) in [7, 11) is 0. The predicted octanol–water partition coefficient (Wildman–Crippen LogP) is 0.114. The molecule has 1 aliphatic carbocycles. The van der Waals surface area contributed by atoms with Gasteiger partial charge in [-0.3, -0.25) is 19.3 Å². The van der Waals surface area contributed by atoms with Crippen molar-refractivity contribution in [2.45, 2.75) is 44.6 Å². The van der Waals surface area contributed by atoms with E-state index < -0.39 is 17.4 Å². The van der Waals surface area contributed by atoms with E-state index in [1.54, 1.807) is 0 Å². The van der Waals surface area contributed by atoms with Gasteiger partial charge in [0.2, 0.25) is 22.9 Å². The molecule has 8 nitrogen and oxygen atoms in total. The third kappa shape index (κ3) is 2.92. The predicted molar refractivity (Wildman–Crippen MR) is 83.6 cm³/mol. The molecule has 1 aliphatic heterocycles. The minimum Gasteiger partial charge on any atom is -0.368 e. The molecule has 1 atom stereocenters. The maximum absolute atomic E-state index is 12.5. The van der Waals surface area contributed by atoms with Crippen molar-refractivity contribution in [3.05, 3.63) is 5.01 Å². The molecule has 1 saturated heterocycles. The first kappa shape index (κ1) is 15.9. The standard InChI is InChI=1S/C14H19N5O3S/c1-8-17-18-13(23-8)19-7-9(6-10(19)20)11(21)16-14(12(15)22)4-2-3-5-14/h9H,2-7H2,1H3,(H2,15,22)(H,16,21). The van der Waals surface area contributed by atoms with Crippen LogP contribution in [0.5, 0.6) is 0 Å². The van der Waals surface area contributed by atoms with Crippen molar-refractivity contribution in [1.29, 1.82) is 0 Å². The molecular weight excluding hydrogens is 318 g/mol. The molecule has 3 rings (SSSR count). The van der Waals surface area contributed by atoms with Crippen molar-refractivity contribution >= 4 is 34.2 Å². The Morgan fingerprint density at radius 2 is 2.04 bits per heavy atom. The molecule has 0 radical (unpaired) electrons. The first-order valence-corrected chi connectivity index (χ1v) is 8.45. The molecule has 9 heteroatoms. The van der Waals surface area contributed by atoms with Gasteiger partial charge in [-0.15, -0.1) is 10.2 Å². The first-order valence-electron chi connectivity index (χ1n) is 7.64. The van der Waals surface area contributed by atoms with Crippen molar-refractivity contribution in [2.75, 3.05) is 11.4 Å². The van der Waals surface area contributed by atoms with Gasteiger partial charge in [-0.05, 0) is 19.8 Å². The van der Waals surface area contributed by atoms with Gasteiger partial charge in [-0.2, -0.15) is 0 Å². The highest BCUT2D eigenvalue weighted by Gasteiger charge is 2.44. The average Bonchev–Trinajstić information content (AvgIpc) is 3.19. The van der Waals surface area contributed by atoms with Crippen molar-refractivity contribution in [1.82, 2.24) is 15.5 Å². The Labute approximate surface area is 137 Å². The summed E-state index contributed by atoms with van der Waals surface area (Å²) in [5.41, 5.74) is 4.53. The van der Waals surface area contributed by atoms with E-state index in [1.165, 1.54) is 16.2 Å². The molecule has 0 aromatic carbocycles. The van der Waals surface area contributed by atoms with E-state index in [-0.39, 0.29) is 24.8 Å². The molecule has 0 bridgehead atoms. The number of amides is 3. The van der Waals surface area contributed by atoms with Crippen LogP contribution in [0, 0.1) is 12.8 Å². The zero-order valence-corrected chi connectivity index (χ0v) is 13.7. The molecule has 0 spiro atoms. The van der Waals surface area contributed by atoms with Gasteiger partial charge in [0.15, 0.2) is 0 Å². The fraction of sp³-hybridized carbons (Fsp3) is 0.643. The minimum atomic E-state index is -0.952. The SMILES string of the molecule is Cc1nnc(N2CC(C(=O)NC3(C(N)=O)CCCC3)CC2=O)s1. The lowest BCUT2D eigenvalue weighted by Crippen LogP contribution is -2.57. The van der Waals surface area contributed by atoms with E-state index in [0.717, 1.165) is 17.8 Å². The number of hydrogen-bond acceptors (Lipinski definition) is 6. The summed E-state index contributed by atoms with van der Waals surface area (Å²) in [6, 6.07) is 0. The fourth-order valence-electron chi connectivity index (χ4n) is 3.21. The highest BCUT2D eigenvalue weighted by atomic mass is 32.1. The number of carbonyl (C=O) groups excluding carboxylic acids is 3. The molecule has 2 heterocycles. The Kier molecular flexibility index (Phi) is 4.05. The number of anilines is 1. The summed E-state index contributed by atoms with van der Waals surface area (Å²) in [6.45, 7) is 2.07. The lowest BCUT2D eigenvalue weighted by atomic mass is 9.95. The molecule has 1 aromatic rings. The third-order valence-electron chi connectivity index (χ3n) is 4.53. The second-order valence-corrected chi connectivity index (χ2v) is 7.31. The van der Waals surface area contributed by atoms with Crippen molar-refractivity contribution in [2.24, 2.45) is 11.7 Å². The molecule has 124 valence electrons. The Balaban J connectivity index is 1.69. The van der Waals surface area contributed by atoms with Crippen molar-refractivity contribution in [3.63, 3.8) is 0 Å². The van der Waals surface area contributed by atoms with Gasteiger partial charge in [-0.1, -0.05) is 24.2 Å². The highest BCUT2D eigenvalue weighted by molar-refractivity contribution is 7.15. The van der Waals surface area contributed by atoms with Crippen LogP contribution in [0.1, 0.15) is 37.1 Å². The van der Waals surface area contributed by atoms with Gasteiger partial charge in [-0.25, -0.2) is 0 Å². The maximum Gasteiger partial charge on any atom is 0.243 e. The normalized spacial score (nSPS) is 23.3. The van der Waals surface area contributed by atoms with Crippen LogP contribution in [0.2, 0.25) is 0 Å². The minimum absolute atomic E-state index is 0.110. The number of aryl methyl sites for hydroxylation is 1. The van der Waals surface area contributed by atoms with Crippen LogP contribution in [-0.2, 0) is 14.4 Å². The van der Waals surface area contributed by atoms with Crippen LogP contribution in [0.15, 0.2) is 0 Å². The molecule has 1 unspecified atom stereocenters. The summed E-state index contributed by atoms with van der Waals surface area (Å²) in [5, 5.41) is 11.9. The molecule has 2 fully saturated rings. The number of aromatic nitrogens is 2. The van der Waals surface area contributed by atoms with Crippen LogP contribution in [-0.4, -0.2) is 40.0 Å². The van der Waals surface area contributed by atoms with E-state index in [0.29, 0.717) is 18.0 Å². The number of nitrogens with two attached hydrogens (primary N) is 1. The Hall–Kier alpha value is -2.03. The van der Waals surface area contributed by atoms with E-state index in [4.69, 9.17) is 5.73 Å². The maximum atomic E-state index is 12.5. The quantitative estimate of drug-likeness (QED) is 0.808. The summed E-state index contributed by atoms with van der Waals surface area (Å²) >= 11 is 1.32. The van der Waals surface area contributed by atoms with E-state index in [1.807, 2.05) is 6.92 Å². The van der Waals surface area contributed by atoms with Crippen LogP contribution in [0.3, 0.4) is 0 Å². The van der Waals surface area contributed by atoms with Gasteiger partial charge in [0, 0.05) is 13.0 Å². The van der Waals surface area contributed by atoms with Crippen molar-refractivity contribution < 1.29 is 14.4 Å². The largest absolute Gasteiger partial charge is 0.368 e. The molecule has 3 amide bonds. The lowest BCUT2D eigenvalue weighted by molar-refractivity contribution is -0.133. The number of carbonyl (C=O) groups is 3. The average molecular weight is 337 g/mol. The summed E-state index contributed by atoms with van der Waals surface area (Å²) in [5.74, 6) is -1.43. The number of rotatable bonds is 4. The zero-order valence-electron chi connectivity index (χ0n) is 12.9. The second kappa shape index (κ2) is 5.88. The monoisotopic (exact) mass is 337 g/mol. The first-order chi connectivity index (χ1) is 10.9. The van der Waals surface area contributed by atoms with Gasteiger partial charge in [0.05, 0.1) is 5.92 Å². The summed E-state index contributed by atoms with van der Waals surface area (Å²) < 4.78 is 0. The molecule has 1 saturated carbocycles. The van der Waals surface area contributed by atoms with Gasteiger partial charge in [0.1, 0.15) is 10.5 Å². The molecule has 3 N–H and O–H groups in total. The Bertz CT molecular complexity index is 653. The van der Waals surface area contributed by atoms with Crippen LogP contribution >= 0.6 is 11.3 Å². The molecule has 2 aliphatic rings. The number of nitrogens with zero attached hydrogens (tertiary/aromatic N) is 3. The smallest absolute Gasteiger partial charge is 0.243 e. The Morgan fingerprint density at radius 3 is 2.61 bits per heavy atom. The Morgan fingerprint density at radius 1 is 1.35 bits per heavy atom. The van der Waals surface area contributed by atoms with Crippen LogP contribution in [0.25, 0.3) is 0 Å². The van der Waals surface area contributed by atoms with Gasteiger partial charge in [0.25, 0.3) is 0 Å². The van der Waals surface area contributed by atoms with E-state index >= 15 is 0 Å². The summed E-state index contributed by atoms with van der Waals surface area (Å²) in [6.07, 6.45) is 2.97. The third-order valence-corrected chi connectivity index (χ3v) is 5.40.